The first kappa shape index (κ1) is 14.4. The summed E-state index contributed by atoms with van der Waals surface area (Å²) in [6.07, 6.45) is 1.03. The maximum atomic E-state index is 12.1. The minimum absolute atomic E-state index is 0.192. The standard InChI is InChI=1S/C16H23N3O2/c20-16(21-13-14-4-2-1-3-5-14)19-10-8-18(9-11-19)15-6-7-17-12-15/h1-5,15,17H,6-13H2/t15-/m0/s1. The molecule has 1 N–H and O–H groups in total. The van der Waals surface area contributed by atoms with Crippen molar-refractivity contribution in [2.24, 2.45) is 0 Å². The van der Waals surface area contributed by atoms with Crippen LogP contribution in [-0.4, -0.2) is 61.2 Å². The molecule has 0 aliphatic carbocycles. The molecule has 0 unspecified atom stereocenters. The number of carbonyl (C=O) groups excluding carboxylic acids is 1. The van der Waals surface area contributed by atoms with Crippen LogP contribution in [0.3, 0.4) is 0 Å². The van der Waals surface area contributed by atoms with Gasteiger partial charge in [0.2, 0.25) is 0 Å². The van der Waals surface area contributed by atoms with E-state index in [2.05, 4.69) is 10.2 Å². The third-order valence-corrected chi connectivity index (χ3v) is 4.33. The molecule has 1 aromatic carbocycles. The Morgan fingerprint density at radius 2 is 1.95 bits per heavy atom. The van der Waals surface area contributed by atoms with Crippen molar-refractivity contribution in [3.63, 3.8) is 0 Å². The lowest BCUT2D eigenvalue weighted by Gasteiger charge is -2.37. The minimum Gasteiger partial charge on any atom is -0.445 e. The van der Waals surface area contributed by atoms with Crippen molar-refractivity contribution in [1.29, 1.82) is 0 Å². The van der Waals surface area contributed by atoms with E-state index in [9.17, 15) is 4.79 Å². The van der Waals surface area contributed by atoms with E-state index >= 15 is 0 Å². The van der Waals surface area contributed by atoms with E-state index in [-0.39, 0.29) is 6.09 Å². The van der Waals surface area contributed by atoms with Gasteiger partial charge in [0, 0.05) is 38.8 Å². The summed E-state index contributed by atoms with van der Waals surface area (Å²) in [6, 6.07) is 10.5. The van der Waals surface area contributed by atoms with E-state index in [0.29, 0.717) is 12.6 Å². The van der Waals surface area contributed by atoms with Crippen LogP contribution >= 0.6 is 0 Å². The summed E-state index contributed by atoms with van der Waals surface area (Å²) in [5.74, 6) is 0. The molecule has 0 spiro atoms. The molecule has 2 aliphatic rings. The van der Waals surface area contributed by atoms with Gasteiger partial charge in [0.25, 0.3) is 0 Å². The van der Waals surface area contributed by atoms with E-state index in [1.54, 1.807) is 0 Å². The number of nitrogens with zero attached hydrogens (tertiary/aromatic N) is 2. The molecule has 2 fully saturated rings. The SMILES string of the molecule is O=C(OCc1ccccc1)N1CCN([C@H]2CCNC2)CC1. The molecule has 2 heterocycles. The van der Waals surface area contributed by atoms with Crippen molar-refractivity contribution in [3.05, 3.63) is 35.9 Å². The third kappa shape index (κ3) is 3.74. The molecule has 0 aromatic heterocycles. The van der Waals surface area contributed by atoms with Crippen LogP contribution < -0.4 is 5.32 Å². The summed E-state index contributed by atoms with van der Waals surface area (Å²) in [5, 5.41) is 3.40. The van der Waals surface area contributed by atoms with E-state index in [1.807, 2.05) is 35.2 Å². The Balaban J connectivity index is 1.42. The number of benzene rings is 1. The number of amides is 1. The van der Waals surface area contributed by atoms with E-state index in [1.165, 1.54) is 6.42 Å². The van der Waals surface area contributed by atoms with Crippen molar-refractivity contribution in [3.8, 4) is 0 Å². The summed E-state index contributed by atoms with van der Waals surface area (Å²) in [6.45, 7) is 5.99. The molecule has 5 heteroatoms. The number of ether oxygens (including phenoxy) is 1. The highest BCUT2D eigenvalue weighted by Crippen LogP contribution is 2.13. The lowest BCUT2D eigenvalue weighted by molar-refractivity contribution is 0.0622. The van der Waals surface area contributed by atoms with Crippen LogP contribution in [0.2, 0.25) is 0 Å². The van der Waals surface area contributed by atoms with Gasteiger partial charge >= 0.3 is 6.09 Å². The van der Waals surface area contributed by atoms with Gasteiger partial charge in [0.15, 0.2) is 0 Å². The van der Waals surface area contributed by atoms with E-state index in [4.69, 9.17) is 4.74 Å². The number of piperazine rings is 1. The van der Waals surface area contributed by atoms with Crippen molar-refractivity contribution < 1.29 is 9.53 Å². The number of hydrogen-bond acceptors (Lipinski definition) is 4. The second kappa shape index (κ2) is 6.91. The van der Waals surface area contributed by atoms with Gasteiger partial charge in [0.1, 0.15) is 6.61 Å². The Bertz CT molecular complexity index is 452. The fourth-order valence-electron chi connectivity index (χ4n) is 3.03. The highest BCUT2D eigenvalue weighted by Gasteiger charge is 2.28. The molecule has 1 aromatic rings. The fraction of sp³-hybridized carbons (Fsp3) is 0.562. The maximum absolute atomic E-state index is 12.1. The van der Waals surface area contributed by atoms with Gasteiger partial charge in [-0.05, 0) is 18.5 Å². The molecular formula is C16H23N3O2. The highest BCUT2D eigenvalue weighted by atomic mass is 16.6. The van der Waals surface area contributed by atoms with Crippen molar-refractivity contribution in [2.45, 2.75) is 19.1 Å². The average Bonchev–Trinajstić information content (AvgIpc) is 3.08. The predicted molar refractivity (Wildman–Crippen MR) is 81.0 cm³/mol. The lowest BCUT2D eigenvalue weighted by Crippen LogP contribution is -2.52. The molecule has 5 nitrogen and oxygen atoms in total. The summed E-state index contributed by atoms with van der Waals surface area (Å²) >= 11 is 0. The first-order valence-corrected chi connectivity index (χ1v) is 7.73. The molecule has 1 atom stereocenters. The van der Waals surface area contributed by atoms with E-state index < -0.39 is 0 Å². The number of hydrogen-bond donors (Lipinski definition) is 1. The zero-order chi connectivity index (χ0) is 14.5. The average molecular weight is 289 g/mol. The zero-order valence-corrected chi connectivity index (χ0v) is 12.3. The van der Waals surface area contributed by atoms with Crippen LogP contribution in [0.1, 0.15) is 12.0 Å². The molecule has 2 saturated heterocycles. The Morgan fingerprint density at radius 1 is 1.19 bits per heavy atom. The van der Waals surface area contributed by atoms with Crippen LogP contribution in [0.25, 0.3) is 0 Å². The van der Waals surface area contributed by atoms with Crippen molar-refractivity contribution in [1.82, 2.24) is 15.1 Å². The summed E-state index contributed by atoms with van der Waals surface area (Å²) in [7, 11) is 0. The number of nitrogens with one attached hydrogen (secondary N) is 1. The number of rotatable bonds is 3. The Hall–Kier alpha value is -1.59. The van der Waals surface area contributed by atoms with Gasteiger partial charge in [-0.15, -0.1) is 0 Å². The first-order chi connectivity index (χ1) is 10.3. The molecule has 3 rings (SSSR count). The molecule has 0 saturated carbocycles. The quantitative estimate of drug-likeness (QED) is 0.911. The monoisotopic (exact) mass is 289 g/mol. The highest BCUT2D eigenvalue weighted by molar-refractivity contribution is 5.67. The van der Waals surface area contributed by atoms with Crippen LogP contribution in [0, 0.1) is 0 Å². The summed E-state index contributed by atoms with van der Waals surface area (Å²) in [5.41, 5.74) is 1.03. The second-order valence-electron chi connectivity index (χ2n) is 5.71. The summed E-state index contributed by atoms with van der Waals surface area (Å²) < 4.78 is 5.38. The summed E-state index contributed by atoms with van der Waals surface area (Å²) in [4.78, 5) is 16.4. The molecular weight excluding hydrogens is 266 g/mol. The molecule has 1 amide bonds. The first-order valence-electron chi connectivity index (χ1n) is 7.73. The van der Waals surface area contributed by atoms with Gasteiger partial charge in [-0.1, -0.05) is 30.3 Å². The lowest BCUT2D eigenvalue weighted by atomic mass is 10.2. The van der Waals surface area contributed by atoms with Crippen LogP contribution in [0.5, 0.6) is 0 Å². The zero-order valence-electron chi connectivity index (χ0n) is 12.3. The molecule has 0 radical (unpaired) electrons. The molecule has 114 valence electrons. The largest absolute Gasteiger partial charge is 0.445 e. The van der Waals surface area contributed by atoms with E-state index in [0.717, 1.165) is 44.8 Å². The van der Waals surface area contributed by atoms with Crippen molar-refractivity contribution >= 4 is 6.09 Å². The normalized spacial score (nSPS) is 23.2. The Labute approximate surface area is 125 Å². The maximum Gasteiger partial charge on any atom is 0.410 e. The Morgan fingerprint density at radius 3 is 2.62 bits per heavy atom. The number of carbonyl (C=O) groups is 1. The van der Waals surface area contributed by atoms with Gasteiger partial charge < -0.3 is 15.0 Å². The molecule has 0 bridgehead atoms. The van der Waals surface area contributed by atoms with Crippen molar-refractivity contribution in [2.75, 3.05) is 39.3 Å². The molecule has 21 heavy (non-hydrogen) atoms. The van der Waals surface area contributed by atoms with Crippen LogP contribution in [0.4, 0.5) is 4.79 Å². The predicted octanol–water partition coefficient (Wildman–Crippen LogP) is 1.30. The van der Waals surface area contributed by atoms with Gasteiger partial charge in [0.05, 0.1) is 0 Å². The van der Waals surface area contributed by atoms with Crippen LogP contribution in [-0.2, 0) is 11.3 Å². The Kier molecular flexibility index (Phi) is 4.72. The van der Waals surface area contributed by atoms with Gasteiger partial charge in [-0.2, -0.15) is 0 Å². The third-order valence-electron chi connectivity index (χ3n) is 4.33. The van der Waals surface area contributed by atoms with Gasteiger partial charge in [-0.25, -0.2) is 4.79 Å². The minimum atomic E-state index is -0.192. The van der Waals surface area contributed by atoms with Crippen LogP contribution in [0.15, 0.2) is 30.3 Å². The smallest absolute Gasteiger partial charge is 0.410 e. The second-order valence-corrected chi connectivity index (χ2v) is 5.71. The topological polar surface area (TPSA) is 44.8 Å². The fourth-order valence-corrected chi connectivity index (χ4v) is 3.03. The molecule has 2 aliphatic heterocycles. The van der Waals surface area contributed by atoms with Gasteiger partial charge in [-0.3, -0.25) is 4.90 Å².